The summed E-state index contributed by atoms with van der Waals surface area (Å²) in [5, 5.41) is 10.1. The summed E-state index contributed by atoms with van der Waals surface area (Å²) in [6.45, 7) is 0. The van der Waals surface area contributed by atoms with Crippen LogP contribution in [0.2, 0.25) is 10.0 Å². The fraction of sp³-hybridized carbons (Fsp3) is 0.0769. The van der Waals surface area contributed by atoms with Crippen molar-refractivity contribution in [2.75, 3.05) is 0 Å². The zero-order valence-electron chi connectivity index (χ0n) is 10.1. The van der Waals surface area contributed by atoms with Crippen molar-refractivity contribution in [3.05, 3.63) is 56.6 Å². The average molecular weight is 389 g/mol. The molecular formula is C13H8BrCl2N3S. The second kappa shape index (κ2) is 5.93. The molecule has 0 atom stereocenters. The molecule has 0 saturated heterocycles. The summed E-state index contributed by atoms with van der Waals surface area (Å²) in [5.74, 6) is 0.804. The number of benzene rings is 1. The molecule has 20 heavy (non-hydrogen) atoms. The summed E-state index contributed by atoms with van der Waals surface area (Å²) >= 11 is 17.1. The first kappa shape index (κ1) is 14.2. The third-order valence-corrected chi connectivity index (χ3v) is 4.70. The summed E-state index contributed by atoms with van der Waals surface area (Å²) in [6.07, 6.45) is 1.77. The molecule has 0 spiro atoms. The zero-order valence-corrected chi connectivity index (χ0v) is 14.0. The van der Waals surface area contributed by atoms with Crippen LogP contribution in [0.3, 0.4) is 0 Å². The third kappa shape index (κ3) is 2.96. The zero-order chi connectivity index (χ0) is 14.1. The van der Waals surface area contributed by atoms with E-state index in [9.17, 15) is 0 Å². The van der Waals surface area contributed by atoms with E-state index in [0.29, 0.717) is 15.7 Å². The smallest absolute Gasteiger partial charge is 0.196 e. The van der Waals surface area contributed by atoms with Crippen molar-refractivity contribution < 1.29 is 0 Å². The molecule has 0 saturated carbocycles. The van der Waals surface area contributed by atoms with Crippen LogP contribution in [-0.2, 0) is 5.75 Å². The number of pyridine rings is 1. The van der Waals surface area contributed by atoms with Crippen LogP contribution in [-0.4, -0.2) is 14.6 Å². The molecule has 7 heteroatoms. The van der Waals surface area contributed by atoms with Gasteiger partial charge in [-0.3, -0.25) is 4.40 Å². The van der Waals surface area contributed by atoms with Crippen molar-refractivity contribution in [2.24, 2.45) is 0 Å². The summed E-state index contributed by atoms with van der Waals surface area (Å²) < 4.78 is 2.88. The predicted octanol–water partition coefficient (Wildman–Crippen LogP) is 5.09. The van der Waals surface area contributed by atoms with Crippen molar-refractivity contribution in [3.8, 4) is 0 Å². The van der Waals surface area contributed by atoms with Crippen molar-refractivity contribution >= 4 is 56.5 Å². The van der Waals surface area contributed by atoms with Crippen molar-refractivity contribution in [1.29, 1.82) is 0 Å². The van der Waals surface area contributed by atoms with E-state index in [-0.39, 0.29) is 0 Å². The Morgan fingerprint density at radius 3 is 2.65 bits per heavy atom. The van der Waals surface area contributed by atoms with Gasteiger partial charge in [0.1, 0.15) is 0 Å². The molecule has 0 N–H and O–H groups in total. The van der Waals surface area contributed by atoms with Crippen LogP contribution in [0.1, 0.15) is 5.56 Å². The van der Waals surface area contributed by atoms with E-state index in [1.807, 2.05) is 16.5 Å². The number of nitrogens with zero attached hydrogens (tertiary/aromatic N) is 3. The van der Waals surface area contributed by atoms with Gasteiger partial charge in [-0.25, -0.2) is 0 Å². The highest BCUT2D eigenvalue weighted by atomic mass is 79.9. The average Bonchev–Trinajstić information content (AvgIpc) is 2.81. The lowest BCUT2D eigenvalue weighted by Gasteiger charge is -2.02. The Kier molecular flexibility index (Phi) is 4.21. The third-order valence-electron chi connectivity index (χ3n) is 2.68. The normalized spacial score (nSPS) is 11.2. The molecule has 0 amide bonds. The number of hydrogen-bond donors (Lipinski definition) is 0. The van der Waals surface area contributed by atoms with Crippen LogP contribution in [0, 0.1) is 0 Å². The van der Waals surface area contributed by atoms with Gasteiger partial charge in [0.05, 0.1) is 10.0 Å². The molecule has 102 valence electrons. The van der Waals surface area contributed by atoms with Crippen LogP contribution in [0.4, 0.5) is 0 Å². The van der Waals surface area contributed by atoms with Crippen LogP contribution in [0.15, 0.2) is 46.2 Å². The monoisotopic (exact) mass is 387 g/mol. The number of rotatable bonds is 3. The molecule has 3 aromatic rings. The standard InChI is InChI=1S/C13H8BrCl2N3S/c14-9-3-1-8(2-4-9)7-20-13-18-17-12-11(16)5-10(15)6-19(12)13/h1-6H,7H2. The van der Waals surface area contributed by atoms with E-state index in [2.05, 4.69) is 38.3 Å². The molecule has 0 aliphatic heterocycles. The minimum Gasteiger partial charge on any atom is -0.275 e. The van der Waals surface area contributed by atoms with E-state index in [4.69, 9.17) is 23.2 Å². The number of fused-ring (bicyclic) bond motifs is 1. The SMILES string of the molecule is Clc1cc(Cl)c2nnc(SCc3ccc(Br)cc3)n2c1. The lowest BCUT2D eigenvalue weighted by Crippen LogP contribution is -1.89. The van der Waals surface area contributed by atoms with Gasteiger partial charge in [-0.1, -0.05) is 63.0 Å². The molecule has 0 radical (unpaired) electrons. The van der Waals surface area contributed by atoms with Crippen molar-refractivity contribution in [3.63, 3.8) is 0 Å². The first-order valence-electron chi connectivity index (χ1n) is 5.70. The highest BCUT2D eigenvalue weighted by Gasteiger charge is 2.10. The minimum atomic E-state index is 0.500. The Bertz CT molecular complexity index is 758. The first-order valence-corrected chi connectivity index (χ1v) is 8.24. The molecule has 2 aromatic heterocycles. The van der Waals surface area contributed by atoms with Crippen LogP contribution in [0.25, 0.3) is 5.65 Å². The van der Waals surface area contributed by atoms with Gasteiger partial charge in [-0.05, 0) is 23.8 Å². The second-order valence-corrected chi connectivity index (χ2v) is 6.80. The Balaban J connectivity index is 1.86. The highest BCUT2D eigenvalue weighted by molar-refractivity contribution is 9.10. The lowest BCUT2D eigenvalue weighted by atomic mass is 10.2. The summed E-state index contributed by atoms with van der Waals surface area (Å²) in [7, 11) is 0. The molecule has 2 heterocycles. The fourth-order valence-electron chi connectivity index (χ4n) is 1.73. The van der Waals surface area contributed by atoms with Crippen LogP contribution < -0.4 is 0 Å². The molecule has 1 aromatic carbocycles. The van der Waals surface area contributed by atoms with E-state index in [1.54, 1.807) is 24.0 Å². The van der Waals surface area contributed by atoms with Gasteiger partial charge in [0.2, 0.25) is 0 Å². The molecule has 0 bridgehead atoms. The highest BCUT2D eigenvalue weighted by Crippen LogP contribution is 2.27. The topological polar surface area (TPSA) is 30.2 Å². The maximum absolute atomic E-state index is 6.09. The quantitative estimate of drug-likeness (QED) is 0.585. The predicted molar refractivity (Wildman–Crippen MR) is 86.7 cm³/mol. The van der Waals surface area contributed by atoms with Crippen LogP contribution in [0.5, 0.6) is 0 Å². The van der Waals surface area contributed by atoms with E-state index in [0.717, 1.165) is 15.4 Å². The first-order chi connectivity index (χ1) is 9.63. The summed E-state index contributed by atoms with van der Waals surface area (Å²) in [5.41, 5.74) is 1.83. The number of halogens is 3. The van der Waals surface area contributed by atoms with Gasteiger partial charge in [0, 0.05) is 16.4 Å². The number of aromatic nitrogens is 3. The molecule has 0 aliphatic rings. The summed E-state index contributed by atoms with van der Waals surface area (Å²) in [4.78, 5) is 0. The van der Waals surface area contributed by atoms with Gasteiger partial charge in [0.15, 0.2) is 10.8 Å². The molecule has 3 rings (SSSR count). The van der Waals surface area contributed by atoms with Gasteiger partial charge >= 0.3 is 0 Å². The maximum atomic E-state index is 6.09. The Morgan fingerprint density at radius 1 is 1.15 bits per heavy atom. The van der Waals surface area contributed by atoms with Gasteiger partial charge < -0.3 is 0 Å². The number of hydrogen-bond acceptors (Lipinski definition) is 3. The fourth-order valence-corrected chi connectivity index (χ4v) is 3.37. The largest absolute Gasteiger partial charge is 0.275 e. The van der Waals surface area contributed by atoms with E-state index in [1.165, 1.54) is 5.56 Å². The molecule has 0 aliphatic carbocycles. The second-order valence-electron chi connectivity index (χ2n) is 4.10. The lowest BCUT2D eigenvalue weighted by molar-refractivity contribution is 0.921. The van der Waals surface area contributed by atoms with Gasteiger partial charge in [0.25, 0.3) is 0 Å². The van der Waals surface area contributed by atoms with Crippen LogP contribution >= 0.6 is 50.9 Å². The molecule has 0 fully saturated rings. The van der Waals surface area contributed by atoms with Gasteiger partial charge in [-0.2, -0.15) is 0 Å². The summed E-state index contributed by atoms with van der Waals surface area (Å²) in [6, 6.07) is 9.84. The number of thioether (sulfide) groups is 1. The Hall–Kier alpha value is -0.750. The molecule has 0 unspecified atom stereocenters. The molecule has 3 nitrogen and oxygen atoms in total. The van der Waals surface area contributed by atoms with E-state index >= 15 is 0 Å². The van der Waals surface area contributed by atoms with Crippen molar-refractivity contribution in [1.82, 2.24) is 14.6 Å². The maximum Gasteiger partial charge on any atom is 0.196 e. The van der Waals surface area contributed by atoms with E-state index < -0.39 is 0 Å². The van der Waals surface area contributed by atoms with Gasteiger partial charge in [-0.15, -0.1) is 10.2 Å². The Morgan fingerprint density at radius 2 is 1.90 bits per heavy atom. The van der Waals surface area contributed by atoms with Crippen molar-refractivity contribution in [2.45, 2.75) is 10.9 Å². The minimum absolute atomic E-state index is 0.500. The molecular weight excluding hydrogens is 381 g/mol. The Labute approximate surface area is 138 Å².